The van der Waals surface area contributed by atoms with Crippen LogP contribution in [0.4, 0.5) is 20.2 Å². The van der Waals surface area contributed by atoms with Crippen LogP contribution in [0.5, 0.6) is 0 Å². The number of carbonyl (C=O) groups is 1. The number of amides is 1. The summed E-state index contributed by atoms with van der Waals surface area (Å²) < 4.78 is 26.3. The van der Waals surface area contributed by atoms with E-state index in [4.69, 9.17) is 0 Å². The number of hydrogen-bond acceptors (Lipinski definition) is 3. The third-order valence-electron chi connectivity index (χ3n) is 4.12. The average molecular weight is 367 g/mol. The fourth-order valence-corrected chi connectivity index (χ4v) is 2.70. The molecule has 0 spiro atoms. The van der Waals surface area contributed by atoms with Crippen LogP contribution in [0.1, 0.15) is 23.0 Å². The molecule has 6 heteroatoms. The number of pyridine rings is 1. The van der Waals surface area contributed by atoms with Crippen molar-refractivity contribution in [2.45, 2.75) is 13.5 Å². The van der Waals surface area contributed by atoms with Gasteiger partial charge in [0.15, 0.2) is 11.6 Å². The van der Waals surface area contributed by atoms with Gasteiger partial charge in [0, 0.05) is 36.7 Å². The zero-order valence-corrected chi connectivity index (χ0v) is 14.8. The lowest BCUT2D eigenvalue weighted by Gasteiger charge is -2.23. The summed E-state index contributed by atoms with van der Waals surface area (Å²) in [5.74, 6) is -2.47. The van der Waals surface area contributed by atoms with E-state index in [0.717, 1.165) is 29.9 Å². The van der Waals surface area contributed by atoms with Crippen LogP contribution in [0, 0.1) is 11.6 Å². The fourth-order valence-electron chi connectivity index (χ4n) is 2.70. The van der Waals surface area contributed by atoms with Gasteiger partial charge in [-0.05, 0) is 36.8 Å². The van der Waals surface area contributed by atoms with Crippen molar-refractivity contribution in [2.75, 3.05) is 16.8 Å². The van der Waals surface area contributed by atoms with Gasteiger partial charge in [0.25, 0.3) is 5.91 Å². The molecule has 1 aromatic heterocycles. The van der Waals surface area contributed by atoms with Gasteiger partial charge in [0.1, 0.15) is 5.69 Å². The summed E-state index contributed by atoms with van der Waals surface area (Å²) in [4.78, 5) is 18.6. The summed E-state index contributed by atoms with van der Waals surface area (Å²) >= 11 is 0. The third kappa shape index (κ3) is 4.67. The zero-order chi connectivity index (χ0) is 19.2. The number of benzene rings is 2. The Bertz CT molecular complexity index is 932. The van der Waals surface area contributed by atoms with E-state index in [1.54, 1.807) is 12.3 Å². The Kier molecular flexibility index (Phi) is 5.76. The van der Waals surface area contributed by atoms with E-state index in [-0.39, 0.29) is 11.4 Å². The van der Waals surface area contributed by atoms with Crippen LogP contribution in [-0.2, 0) is 6.54 Å². The van der Waals surface area contributed by atoms with E-state index in [2.05, 4.69) is 15.2 Å². The second kappa shape index (κ2) is 8.40. The van der Waals surface area contributed by atoms with E-state index in [1.165, 1.54) is 6.07 Å². The molecule has 0 saturated carbocycles. The van der Waals surface area contributed by atoms with Crippen LogP contribution in [0.3, 0.4) is 0 Å². The molecule has 0 aliphatic heterocycles. The van der Waals surface area contributed by atoms with Crippen molar-refractivity contribution in [3.8, 4) is 0 Å². The Hall–Kier alpha value is -3.28. The van der Waals surface area contributed by atoms with Crippen LogP contribution in [0.15, 0.2) is 66.9 Å². The largest absolute Gasteiger partial charge is 0.367 e. The molecule has 1 N–H and O–H groups in total. The van der Waals surface area contributed by atoms with Gasteiger partial charge in [-0.2, -0.15) is 0 Å². The third-order valence-corrected chi connectivity index (χ3v) is 4.12. The topological polar surface area (TPSA) is 45.2 Å². The minimum Gasteiger partial charge on any atom is -0.367 e. The number of rotatable bonds is 6. The highest BCUT2D eigenvalue weighted by Gasteiger charge is 2.13. The highest BCUT2D eigenvalue weighted by molar-refractivity contribution is 6.03. The minimum absolute atomic E-state index is 0.169. The maximum absolute atomic E-state index is 13.3. The van der Waals surface area contributed by atoms with Gasteiger partial charge in [-0.15, -0.1) is 0 Å². The summed E-state index contributed by atoms with van der Waals surface area (Å²) in [6.45, 7) is 3.49. The number of nitrogens with zero attached hydrogens (tertiary/aromatic N) is 2. The molecule has 2 aromatic carbocycles. The molecule has 0 aliphatic rings. The van der Waals surface area contributed by atoms with Gasteiger partial charge < -0.3 is 10.2 Å². The Labute approximate surface area is 156 Å². The molecular formula is C21H19F2N3O. The molecule has 4 nitrogen and oxygen atoms in total. The number of carbonyl (C=O) groups excluding carboxylic acids is 1. The molecule has 0 atom stereocenters. The van der Waals surface area contributed by atoms with Gasteiger partial charge in [-0.25, -0.2) is 8.78 Å². The summed E-state index contributed by atoms with van der Waals surface area (Å²) in [6, 6.07) is 16.7. The number of hydrogen-bond donors (Lipinski definition) is 1. The molecule has 1 amide bonds. The lowest BCUT2D eigenvalue weighted by atomic mass is 10.2. The molecule has 0 unspecified atom stereocenters. The molecule has 138 valence electrons. The Morgan fingerprint density at radius 2 is 1.81 bits per heavy atom. The first-order valence-corrected chi connectivity index (χ1v) is 8.58. The molecule has 0 aliphatic carbocycles. The first-order valence-electron chi connectivity index (χ1n) is 8.58. The quantitative estimate of drug-likeness (QED) is 0.690. The molecule has 0 radical (unpaired) electrons. The standard InChI is InChI=1S/C21H19F2N3O/c1-2-26(14-15-6-4-3-5-7-15)17-10-11-24-20(13-17)21(27)25-16-8-9-18(22)19(23)12-16/h3-13H,2,14H2,1H3,(H,25,27). The molecule has 0 fully saturated rings. The molecule has 3 aromatic rings. The maximum Gasteiger partial charge on any atom is 0.274 e. The van der Waals surface area contributed by atoms with Crippen molar-refractivity contribution in [1.82, 2.24) is 4.98 Å². The Morgan fingerprint density at radius 3 is 2.52 bits per heavy atom. The van der Waals surface area contributed by atoms with E-state index >= 15 is 0 Å². The fraction of sp³-hybridized carbons (Fsp3) is 0.143. The highest BCUT2D eigenvalue weighted by Crippen LogP contribution is 2.19. The highest BCUT2D eigenvalue weighted by atomic mass is 19.2. The Balaban J connectivity index is 1.77. The number of halogens is 2. The van der Waals surface area contributed by atoms with E-state index in [0.29, 0.717) is 6.54 Å². The molecule has 27 heavy (non-hydrogen) atoms. The second-order valence-electron chi connectivity index (χ2n) is 5.98. The second-order valence-corrected chi connectivity index (χ2v) is 5.98. The Morgan fingerprint density at radius 1 is 1.04 bits per heavy atom. The first-order chi connectivity index (χ1) is 13.1. The molecule has 0 bridgehead atoms. The predicted octanol–water partition coefficient (Wildman–Crippen LogP) is 4.64. The molecule has 1 heterocycles. The number of anilines is 2. The van der Waals surface area contributed by atoms with Crippen molar-refractivity contribution >= 4 is 17.3 Å². The van der Waals surface area contributed by atoms with Crippen molar-refractivity contribution in [3.05, 3.63) is 89.8 Å². The van der Waals surface area contributed by atoms with Crippen LogP contribution in [0.2, 0.25) is 0 Å². The van der Waals surface area contributed by atoms with Gasteiger partial charge >= 0.3 is 0 Å². The molecule has 3 rings (SSSR count). The minimum atomic E-state index is -1.02. The summed E-state index contributed by atoms with van der Waals surface area (Å²) in [5.41, 5.74) is 2.38. The van der Waals surface area contributed by atoms with E-state index < -0.39 is 17.5 Å². The van der Waals surface area contributed by atoms with Crippen molar-refractivity contribution < 1.29 is 13.6 Å². The van der Waals surface area contributed by atoms with Gasteiger partial charge in [0.2, 0.25) is 0 Å². The molecule has 0 saturated heterocycles. The van der Waals surface area contributed by atoms with Gasteiger partial charge in [-0.1, -0.05) is 30.3 Å². The first kappa shape index (κ1) is 18.5. The monoisotopic (exact) mass is 367 g/mol. The lowest BCUT2D eigenvalue weighted by Crippen LogP contribution is -2.23. The zero-order valence-electron chi connectivity index (χ0n) is 14.8. The summed E-state index contributed by atoms with van der Waals surface area (Å²) in [6.07, 6.45) is 1.56. The summed E-state index contributed by atoms with van der Waals surface area (Å²) in [5, 5.41) is 2.53. The van der Waals surface area contributed by atoms with Gasteiger partial charge in [0.05, 0.1) is 0 Å². The van der Waals surface area contributed by atoms with Crippen LogP contribution < -0.4 is 10.2 Å². The normalized spacial score (nSPS) is 10.5. The number of nitrogens with one attached hydrogen (secondary N) is 1. The maximum atomic E-state index is 13.3. The lowest BCUT2D eigenvalue weighted by molar-refractivity contribution is 0.102. The van der Waals surface area contributed by atoms with Crippen molar-refractivity contribution in [2.24, 2.45) is 0 Å². The van der Waals surface area contributed by atoms with Crippen LogP contribution in [-0.4, -0.2) is 17.4 Å². The number of aromatic nitrogens is 1. The van der Waals surface area contributed by atoms with Crippen molar-refractivity contribution in [3.63, 3.8) is 0 Å². The average Bonchev–Trinajstić information content (AvgIpc) is 2.70. The van der Waals surface area contributed by atoms with Crippen LogP contribution in [0.25, 0.3) is 0 Å². The van der Waals surface area contributed by atoms with E-state index in [1.807, 2.05) is 43.3 Å². The predicted molar refractivity (Wildman–Crippen MR) is 102 cm³/mol. The summed E-state index contributed by atoms with van der Waals surface area (Å²) in [7, 11) is 0. The molecular weight excluding hydrogens is 348 g/mol. The smallest absolute Gasteiger partial charge is 0.274 e. The van der Waals surface area contributed by atoms with Gasteiger partial charge in [-0.3, -0.25) is 9.78 Å². The van der Waals surface area contributed by atoms with E-state index in [9.17, 15) is 13.6 Å². The SMILES string of the molecule is CCN(Cc1ccccc1)c1ccnc(C(=O)Nc2ccc(F)c(F)c2)c1. The van der Waals surface area contributed by atoms with Crippen LogP contribution >= 0.6 is 0 Å². The van der Waals surface area contributed by atoms with Crippen molar-refractivity contribution in [1.29, 1.82) is 0 Å².